The van der Waals surface area contributed by atoms with Gasteiger partial charge in [0.15, 0.2) is 0 Å². The lowest BCUT2D eigenvalue weighted by Gasteiger charge is -2.08. The number of rotatable bonds is 5. The van der Waals surface area contributed by atoms with Gasteiger partial charge in [-0.2, -0.15) is 0 Å². The van der Waals surface area contributed by atoms with Gasteiger partial charge in [0, 0.05) is 28.5 Å². The van der Waals surface area contributed by atoms with Crippen LogP contribution in [0.5, 0.6) is 0 Å². The normalized spacial score (nSPS) is 10.0. The summed E-state index contributed by atoms with van der Waals surface area (Å²) >= 11 is 5.79. The highest BCUT2D eigenvalue weighted by molar-refractivity contribution is 6.30. The molecule has 0 aliphatic carbocycles. The molecule has 2 aromatic rings. The minimum Gasteiger partial charge on any atom is -0.352 e. The molecule has 6 heteroatoms. The van der Waals surface area contributed by atoms with Crippen molar-refractivity contribution in [3.05, 3.63) is 59.1 Å². The highest BCUT2D eigenvalue weighted by Gasteiger charge is 2.06. The van der Waals surface area contributed by atoms with Gasteiger partial charge in [-0.15, -0.1) is 0 Å². The standard InChI is InChI=1S/C17H18ClN3O2/c1-2-11-19-16(22)12-3-7-14(8-4-12)20-17(23)21-15-9-5-13(18)6-10-15/h3-10H,2,11H2,1H3,(H,19,22)(H2,20,21,23). The van der Waals surface area contributed by atoms with E-state index >= 15 is 0 Å². The molecule has 3 N–H and O–H groups in total. The highest BCUT2D eigenvalue weighted by atomic mass is 35.5. The van der Waals surface area contributed by atoms with E-state index in [2.05, 4.69) is 16.0 Å². The summed E-state index contributed by atoms with van der Waals surface area (Å²) in [7, 11) is 0. The molecule has 0 aliphatic rings. The zero-order chi connectivity index (χ0) is 16.7. The quantitative estimate of drug-likeness (QED) is 0.771. The van der Waals surface area contributed by atoms with Crippen molar-refractivity contribution < 1.29 is 9.59 Å². The first-order chi connectivity index (χ1) is 11.1. The average Bonchev–Trinajstić information content (AvgIpc) is 2.55. The van der Waals surface area contributed by atoms with Crippen LogP contribution in [-0.2, 0) is 0 Å². The van der Waals surface area contributed by atoms with E-state index in [1.54, 1.807) is 48.5 Å². The van der Waals surface area contributed by atoms with Crippen molar-refractivity contribution in [2.24, 2.45) is 0 Å². The Morgan fingerprint density at radius 1 is 0.913 bits per heavy atom. The van der Waals surface area contributed by atoms with E-state index in [9.17, 15) is 9.59 Å². The van der Waals surface area contributed by atoms with Crippen molar-refractivity contribution >= 4 is 34.9 Å². The third kappa shape index (κ3) is 5.30. The molecule has 3 amide bonds. The van der Waals surface area contributed by atoms with E-state index in [0.29, 0.717) is 28.5 Å². The van der Waals surface area contributed by atoms with Gasteiger partial charge in [0.1, 0.15) is 0 Å². The Balaban J connectivity index is 1.91. The Kier molecular flexibility index (Phi) is 6.00. The maximum absolute atomic E-state index is 11.9. The van der Waals surface area contributed by atoms with Crippen LogP contribution in [0.25, 0.3) is 0 Å². The molecule has 0 saturated carbocycles. The Labute approximate surface area is 140 Å². The third-order valence-electron chi connectivity index (χ3n) is 3.04. The summed E-state index contributed by atoms with van der Waals surface area (Å²) in [6.07, 6.45) is 0.885. The monoisotopic (exact) mass is 331 g/mol. The van der Waals surface area contributed by atoms with Gasteiger partial charge in [0.2, 0.25) is 0 Å². The van der Waals surface area contributed by atoms with Gasteiger partial charge < -0.3 is 16.0 Å². The van der Waals surface area contributed by atoms with Gasteiger partial charge in [-0.1, -0.05) is 18.5 Å². The van der Waals surface area contributed by atoms with Crippen molar-refractivity contribution in [2.45, 2.75) is 13.3 Å². The van der Waals surface area contributed by atoms with E-state index in [0.717, 1.165) is 6.42 Å². The van der Waals surface area contributed by atoms with Gasteiger partial charge in [-0.3, -0.25) is 4.79 Å². The van der Waals surface area contributed by atoms with E-state index in [1.807, 2.05) is 6.92 Å². The predicted molar refractivity (Wildman–Crippen MR) is 93.2 cm³/mol. The van der Waals surface area contributed by atoms with E-state index in [4.69, 9.17) is 11.6 Å². The molecule has 0 fully saturated rings. The molecule has 5 nitrogen and oxygen atoms in total. The molecule has 0 bridgehead atoms. The van der Waals surface area contributed by atoms with Gasteiger partial charge in [0.05, 0.1) is 0 Å². The number of amides is 3. The van der Waals surface area contributed by atoms with Gasteiger partial charge in [-0.25, -0.2) is 4.79 Å². The molecular formula is C17H18ClN3O2. The molecule has 0 unspecified atom stereocenters. The maximum atomic E-state index is 11.9. The first-order valence-corrected chi connectivity index (χ1v) is 7.68. The number of hydrogen-bond donors (Lipinski definition) is 3. The van der Waals surface area contributed by atoms with Crippen LogP contribution in [-0.4, -0.2) is 18.5 Å². The summed E-state index contributed by atoms with van der Waals surface area (Å²) in [5.41, 5.74) is 1.80. The number of nitrogens with one attached hydrogen (secondary N) is 3. The molecule has 120 valence electrons. The Hall–Kier alpha value is -2.53. The number of carbonyl (C=O) groups is 2. The molecule has 0 spiro atoms. The molecule has 0 radical (unpaired) electrons. The smallest absolute Gasteiger partial charge is 0.323 e. The number of anilines is 2. The second-order valence-corrected chi connectivity index (χ2v) is 5.36. The molecule has 0 aromatic heterocycles. The summed E-state index contributed by atoms with van der Waals surface area (Å²) in [5, 5.41) is 8.80. The zero-order valence-electron chi connectivity index (χ0n) is 12.7. The van der Waals surface area contributed by atoms with Crippen molar-refractivity contribution in [1.29, 1.82) is 0 Å². The van der Waals surface area contributed by atoms with Crippen LogP contribution in [0.3, 0.4) is 0 Å². The number of halogens is 1. The SMILES string of the molecule is CCCNC(=O)c1ccc(NC(=O)Nc2ccc(Cl)cc2)cc1. The largest absolute Gasteiger partial charge is 0.352 e. The fourth-order valence-electron chi connectivity index (χ4n) is 1.87. The number of carbonyl (C=O) groups excluding carboxylic acids is 2. The summed E-state index contributed by atoms with van der Waals surface area (Å²) in [4.78, 5) is 23.7. The van der Waals surface area contributed by atoms with Crippen LogP contribution in [0.2, 0.25) is 5.02 Å². The molecule has 2 rings (SSSR count). The molecular weight excluding hydrogens is 314 g/mol. The zero-order valence-corrected chi connectivity index (χ0v) is 13.5. The minimum absolute atomic E-state index is 0.121. The summed E-state index contributed by atoms with van der Waals surface area (Å²) < 4.78 is 0. The lowest BCUT2D eigenvalue weighted by molar-refractivity contribution is 0.0953. The van der Waals surface area contributed by atoms with Crippen molar-refractivity contribution in [2.75, 3.05) is 17.2 Å². The Morgan fingerprint density at radius 3 is 1.96 bits per heavy atom. The third-order valence-corrected chi connectivity index (χ3v) is 3.29. The van der Waals surface area contributed by atoms with Crippen molar-refractivity contribution in [3.63, 3.8) is 0 Å². The molecule has 2 aromatic carbocycles. The van der Waals surface area contributed by atoms with Crippen LogP contribution in [0.15, 0.2) is 48.5 Å². The molecule has 0 saturated heterocycles. The van der Waals surface area contributed by atoms with Crippen LogP contribution < -0.4 is 16.0 Å². The first-order valence-electron chi connectivity index (χ1n) is 7.30. The van der Waals surface area contributed by atoms with Gasteiger partial charge in [-0.05, 0) is 55.0 Å². The van der Waals surface area contributed by atoms with E-state index < -0.39 is 0 Å². The number of benzene rings is 2. The van der Waals surface area contributed by atoms with Crippen LogP contribution in [0, 0.1) is 0 Å². The second-order valence-electron chi connectivity index (χ2n) is 4.92. The molecule has 0 heterocycles. The number of urea groups is 1. The van der Waals surface area contributed by atoms with Crippen LogP contribution >= 0.6 is 11.6 Å². The second kappa shape index (κ2) is 8.19. The van der Waals surface area contributed by atoms with E-state index in [1.165, 1.54) is 0 Å². The number of hydrogen-bond acceptors (Lipinski definition) is 2. The van der Waals surface area contributed by atoms with Crippen LogP contribution in [0.1, 0.15) is 23.7 Å². The lowest BCUT2D eigenvalue weighted by atomic mass is 10.2. The Bertz CT molecular complexity index is 669. The summed E-state index contributed by atoms with van der Waals surface area (Å²) in [6.45, 7) is 2.63. The average molecular weight is 332 g/mol. The summed E-state index contributed by atoms with van der Waals surface area (Å²) in [5.74, 6) is -0.121. The molecule has 23 heavy (non-hydrogen) atoms. The topological polar surface area (TPSA) is 70.2 Å². The Morgan fingerprint density at radius 2 is 1.43 bits per heavy atom. The van der Waals surface area contributed by atoms with E-state index in [-0.39, 0.29) is 11.9 Å². The van der Waals surface area contributed by atoms with Crippen molar-refractivity contribution in [1.82, 2.24) is 5.32 Å². The first kappa shape index (κ1) is 16.8. The van der Waals surface area contributed by atoms with Gasteiger partial charge in [0.25, 0.3) is 5.91 Å². The maximum Gasteiger partial charge on any atom is 0.323 e. The summed E-state index contributed by atoms with van der Waals surface area (Å²) in [6, 6.07) is 13.2. The van der Waals surface area contributed by atoms with Crippen LogP contribution in [0.4, 0.5) is 16.2 Å². The fraction of sp³-hybridized carbons (Fsp3) is 0.176. The lowest BCUT2D eigenvalue weighted by Crippen LogP contribution is -2.24. The van der Waals surface area contributed by atoms with Gasteiger partial charge >= 0.3 is 6.03 Å². The minimum atomic E-state index is -0.365. The molecule has 0 aliphatic heterocycles. The fourth-order valence-corrected chi connectivity index (χ4v) is 2.00. The predicted octanol–water partition coefficient (Wildman–Crippen LogP) is 4.12. The highest BCUT2D eigenvalue weighted by Crippen LogP contribution is 2.14. The van der Waals surface area contributed by atoms with Crippen molar-refractivity contribution in [3.8, 4) is 0 Å². The molecule has 0 atom stereocenters.